The predicted octanol–water partition coefficient (Wildman–Crippen LogP) is 0.974. The summed E-state index contributed by atoms with van der Waals surface area (Å²) in [4.78, 5) is 0. The van der Waals surface area contributed by atoms with E-state index in [0.717, 1.165) is 0 Å². The van der Waals surface area contributed by atoms with Crippen molar-refractivity contribution in [2.24, 2.45) is 0 Å². The van der Waals surface area contributed by atoms with Crippen LogP contribution in [0.25, 0.3) is 0 Å². The number of furan rings is 1. The molecule has 2 heteroatoms. The van der Waals surface area contributed by atoms with Crippen molar-refractivity contribution in [2.75, 3.05) is 5.73 Å². The third-order valence-electron chi connectivity index (χ3n) is 0.543. The van der Waals surface area contributed by atoms with Crippen LogP contribution in [0.1, 0.15) is 1.43 Å². The van der Waals surface area contributed by atoms with Gasteiger partial charge in [0.15, 0.2) is 0 Å². The molecule has 0 fully saturated rings. The van der Waals surface area contributed by atoms with E-state index in [4.69, 9.17) is 5.73 Å². The van der Waals surface area contributed by atoms with Gasteiger partial charge in [0.05, 0.1) is 12.0 Å². The van der Waals surface area contributed by atoms with Gasteiger partial charge in [-0.1, -0.05) is 0 Å². The van der Waals surface area contributed by atoms with Gasteiger partial charge in [-0.25, -0.2) is 0 Å². The quantitative estimate of drug-likeness (QED) is 0.508. The fourth-order valence-electron chi connectivity index (χ4n) is 0.275. The Labute approximate surface area is 37.1 Å². The first-order valence-electron chi connectivity index (χ1n) is 1.67. The first kappa shape index (κ1) is 3.28. The molecule has 2 N–H and O–H groups in total. The maximum absolute atomic E-state index is 5.18. The predicted molar refractivity (Wildman–Crippen MR) is 24.2 cm³/mol. The van der Waals surface area contributed by atoms with E-state index in [0.29, 0.717) is 5.69 Å². The van der Waals surface area contributed by atoms with E-state index in [2.05, 4.69) is 4.42 Å². The Hall–Kier alpha value is -0.920. The van der Waals surface area contributed by atoms with Crippen LogP contribution in [0.5, 0.6) is 0 Å². The smallest absolute Gasteiger partial charge is 0.470 e. The molecule has 0 spiro atoms. The number of nitrogens with two attached hydrogens (primary N) is 1. The maximum atomic E-state index is 5.18. The molecule has 0 aliphatic heterocycles. The molecule has 0 unspecified atom stereocenters. The highest BCUT2D eigenvalue weighted by atomic mass is 16.3. The Balaban J connectivity index is 0.000000360. The molecule has 1 aromatic rings. The summed E-state index contributed by atoms with van der Waals surface area (Å²) in [6.07, 6.45) is 3.02. The van der Waals surface area contributed by atoms with Gasteiger partial charge in [0.25, 0.3) is 0 Å². The van der Waals surface area contributed by atoms with Crippen molar-refractivity contribution >= 4 is 5.69 Å². The molecule has 1 aromatic heterocycles. The number of rotatable bonds is 0. The van der Waals surface area contributed by atoms with Crippen LogP contribution in [-0.4, -0.2) is 0 Å². The van der Waals surface area contributed by atoms with E-state index < -0.39 is 0 Å². The molecule has 0 aliphatic carbocycles. The molecular formula is C4H6NO+. The summed E-state index contributed by atoms with van der Waals surface area (Å²) in [6.45, 7) is 0. The summed E-state index contributed by atoms with van der Waals surface area (Å²) in [7, 11) is 0. The molecule has 1 rings (SSSR count). The molecule has 0 amide bonds. The van der Waals surface area contributed by atoms with Crippen molar-refractivity contribution in [1.29, 1.82) is 0 Å². The lowest BCUT2D eigenvalue weighted by atomic mass is 10.6. The molecule has 1 heterocycles. The van der Waals surface area contributed by atoms with Crippen molar-refractivity contribution in [3.63, 3.8) is 0 Å². The molecule has 0 aromatic carbocycles. The van der Waals surface area contributed by atoms with Gasteiger partial charge < -0.3 is 10.2 Å². The number of nitrogen functional groups attached to an aromatic ring is 1. The molecule has 0 bridgehead atoms. The first-order valence-corrected chi connectivity index (χ1v) is 1.67. The highest BCUT2D eigenvalue weighted by molar-refractivity contribution is 5.30. The van der Waals surface area contributed by atoms with E-state index >= 15 is 0 Å². The minimum absolute atomic E-state index is 0. The Bertz CT molecular complexity index is 115. The summed E-state index contributed by atoms with van der Waals surface area (Å²) in [5.74, 6) is 0. The third kappa shape index (κ3) is 0.360. The van der Waals surface area contributed by atoms with Gasteiger partial charge in [-0.2, -0.15) is 0 Å². The largest absolute Gasteiger partial charge is 1.00 e. The Morgan fingerprint density at radius 1 is 1.83 bits per heavy atom. The minimum atomic E-state index is 0. The van der Waals surface area contributed by atoms with E-state index in [-0.39, 0.29) is 1.43 Å². The molecule has 0 saturated heterocycles. The lowest BCUT2D eigenvalue weighted by Crippen LogP contribution is -1.74. The van der Waals surface area contributed by atoms with Crippen LogP contribution in [0.15, 0.2) is 23.0 Å². The maximum Gasteiger partial charge on any atom is 1.00 e. The topological polar surface area (TPSA) is 39.2 Å². The van der Waals surface area contributed by atoms with E-state index in [1.165, 1.54) is 12.5 Å². The molecule has 2 nitrogen and oxygen atoms in total. The van der Waals surface area contributed by atoms with Crippen LogP contribution >= 0.6 is 0 Å². The third-order valence-corrected chi connectivity index (χ3v) is 0.543. The molecule has 0 radical (unpaired) electrons. The average Bonchev–Trinajstić information content (AvgIpc) is 1.86. The zero-order valence-corrected chi connectivity index (χ0v) is 3.22. The standard InChI is InChI=1S/C4H5NO/c5-4-1-2-6-3-4/h1-3H,5H2/p+1. The van der Waals surface area contributed by atoms with Gasteiger partial charge in [0.1, 0.15) is 6.26 Å². The molecule has 0 aliphatic rings. The highest BCUT2D eigenvalue weighted by Crippen LogP contribution is 1.97. The minimum Gasteiger partial charge on any atom is -0.470 e. The van der Waals surface area contributed by atoms with Gasteiger partial charge in [-0.15, -0.1) is 0 Å². The van der Waals surface area contributed by atoms with Crippen molar-refractivity contribution < 1.29 is 5.84 Å². The summed E-state index contributed by atoms with van der Waals surface area (Å²) in [6, 6.07) is 1.69. The van der Waals surface area contributed by atoms with Crippen LogP contribution in [0, 0.1) is 0 Å². The van der Waals surface area contributed by atoms with E-state index in [9.17, 15) is 0 Å². The Kier molecular flexibility index (Phi) is 0.572. The van der Waals surface area contributed by atoms with Crippen LogP contribution < -0.4 is 5.73 Å². The van der Waals surface area contributed by atoms with Crippen molar-refractivity contribution in [3.8, 4) is 0 Å². The Morgan fingerprint density at radius 2 is 2.67 bits per heavy atom. The summed E-state index contributed by atoms with van der Waals surface area (Å²) in [5.41, 5.74) is 5.86. The molecule has 32 valence electrons. The first-order chi connectivity index (χ1) is 2.89. The van der Waals surface area contributed by atoms with Crippen LogP contribution in [-0.2, 0) is 0 Å². The van der Waals surface area contributed by atoms with Gasteiger partial charge in [-0.3, -0.25) is 0 Å². The lowest BCUT2D eigenvalue weighted by molar-refractivity contribution is 0.568. The van der Waals surface area contributed by atoms with Crippen molar-refractivity contribution in [1.82, 2.24) is 0 Å². The second-order valence-electron chi connectivity index (χ2n) is 1.06. The van der Waals surface area contributed by atoms with Crippen molar-refractivity contribution in [3.05, 3.63) is 18.6 Å². The normalized spacial score (nSPS) is 8.67. The number of hydrogen-bond acceptors (Lipinski definition) is 2. The van der Waals surface area contributed by atoms with Gasteiger partial charge in [0, 0.05) is 0 Å². The van der Waals surface area contributed by atoms with Gasteiger partial charge in [-0.05, 0) is 6.07 Å². The summed E-state index contributed by atoms with van der Waals surface area (Å²) < 4.78 is 4.59. The van der Waals surface area contributed by atoms with Gasteiger partial charge >= 0.3 is 1.43 Å². The monoisotopic (exact) mass is 84.0 g/mol. The number of anilines is 1. The van der Waals surface area contributed by atoms with Crippen LogP contribution in [0.3, 0.4) is 0 Å². The van der Waals surface area contributed by atoms with Crippen LogP contribution in [0.4, 0.5) is 5.69 Å². The number of hydrogen-bond donors (Lipinski definition) is 1. The molecular weight excluding hydrogens is 78.0 g/mol. The zero-order chi connectivity index (χ0) is 4.41. The second-order valence-corrected chi connectivity index (χ2v) is 1.06. The fraction of sp³-hybridized carbons (Fsp3) is 0. The lowest BCUT2D eigenvalue weighted by Gasteiger charge is -1.66. The SMILES string of the molecule is Nc1ccoc1.[H+]. The summed E-state index contributed by atoms with van der Waals surface area (Å²) >= 11 is 0. The van der Waals surface area contributed by atoms with Gasteiger partial charge in [0.2, 0.25) is 0 Å². The van der Waals surface area contributed by atoms with Crippen LogP contribution in [0.2, 0.25) is 0 Å². The zero-order valence-electron chi connectivity index (χ0n) is 4.22. The molecule has 0 atom stereocenters. The second kappa shape index (κ2) is 1.05. The molecule has 0 saturated carbocycles. The highest BCUT2D eigenvalue weighted by Gasteiger charge is 1.76. The summed E-state index contributed by atoms with van der Waals surface area (Å²) in [5, 5.41) is 0. The Morgan fingerprint density at radius 3 is 2.83 bits per heavy atom. The van der Waals surface area contributed by atoms with Crippen molar-refractivity contribution in [2.45, 2.75) is 0 Å². The fourth-order valence-corrected chi connectivity index (χ4v) is 0.275. The average molecular weight is 84.1 g/mol. The van der Waals surface area contributed by atoms with E-state index in [1.54, 1.807) is 6.07 Å². The molecule has 6 heavy (non-hydrogen) atoms. The van der Waals surface area contributed by atoms with E-state index in [1.807, 2.05) is 0 Å².